The molecule has 1 aromatic carbocycles. The predicted octanol–water partition coefficient (Wildman–Crippen LogP) is 2.82. The monoisotopic (exact) mass is 388 g/mol. The highest BCUT2D eigenvalue weighted by atomic mass is 35.5. The summed E-state index contributed by atoms with van der Waals surface area (Å²) in [5.41, 5.74) is 0. The summed E-state index contributed by atoms with van der Waals surface area (Å²) in [4.78, 5) is 24.7. The van der Waals surface area contributed by atoms with E-state index < -0.39 is 5.97 Å². The van der Waals surface area contributed by atoms with Crippen molar-refractivity contribution in [2.24, 2.45) is 0 Å². The Morgan fingerprint density at radius 3 is 2.68 bits per heavy atom. The van der Waals surface area contributed by atoms with E-state index in [-0.39, 0.29) is 37.6 Å². The van der Waals surface area contributed by atoms with Crippen molar-refractivity contribution in [3.63, 3.8) is 0 Å². The number of carbonyl (C=O) groups excluding carboxylic acids is 1. The number of carboxylic acids is 1. The lowest BCUT2D eigenvalue weighted by atomic mass is 9.85. The normalized spacial score (nSPS) is 19.4. The third-order valence-electron chi connectivity index (χ3n) is 4.22. The first-order valence-corrected chi connectivity index (χ1v) is 8.97. The second-order valence-corrected chi connectivity index (χ2v) is 6.86. The number of aliphatic carboxylic acids is 1. The van der Waals surface area contributed by atoms with E-state index in [1.54, 1.807) is 18.2 Å². The number of amides is 1. The molecule has 1 aromatic rings. The third kappa shape index (κ3) is 6.06. The first kappa shape index (κ1) is 19.8. The van der Waals surface area contributed by atoms with E-state index in [1.165, 1.54) is 0 Å². The summed E-state index contributed by atoms with van der Waals surface area (Å²) in [7, 11) is 0. The van der Waals surface area contributed by atoms with E-state index >= 15 is 0 Å². The van der Waals surface area contributed by atoms with Gasteiger partial charge in [-0.2, -0.15) is 0 Å². The van der Waals surface area contributed by atoms with E-state index in [1.807, 2.05) is 11.8 Å². The fourth-order valence-electron chi connectivity index (χ4n) is 2.82. The van der Waals surface area contributed by atoms with Crippen molar-refractivity contribution >= 4 is 35.1 Å². The van der Waals surface area contributed by atoms with Crippen LogP contribution in [0.15, 0.2) is 18.2 Å². The van der Waals surface area contributed by atoms with Gasteiger partial charge in [-0.3, -0.25) is 14.5 Å². The van der Waals surface area contributed by atoms with E-state index in [2.05, 4.69) is 5.32 Å². The molecular weight excluding hydrogens is 367 g/mol. The Hall–Kier alpha value is -1.50. The van der Waals surface area contributed by atoms with Crippen LogP contribution >= 0.6 is 23.2 Å². The van der Waals surface area contributed by atoms with E-state index in [9.17, 15) is 9.59 Å². The van der Waals surface area contributed by atoms with E-state index in [0.29, 0.717) is 22.3 Å². The van der Waals surface area contributed by atoms with Crippen LogP contribution in [0.5, 0.6) is 5.75 Å². The van der Waals surface area contributed by atoms with Gasteiger partial charge in [0.15, 0.2) is 0 Å². The van der Waals surface area contributed by atoms with Crippen LogP contribution in [0.1, 0.15) is 26.2 Å². The van der Waals surface area contributed by atoms with Crippen LogP contribution in [0.4, 0.5) is 0 Å². The average molecular weight is 389 g/mol. The number of likely N-dealkylation sites (N-methyl/N-ethyl adjacent to an activating group) is 1. The Bertz CT molecular complexity index is 621. The molecule has 1 fully saturated rings. The molecule has 1 saturated carbocycles. The molecule has 8 heteroatoms. The van der Waals surface area contributed by atoms with Gasteiger partial charge in [0.25, 0.3) is 0 Å². The van der Waals surface area contributed by atoms with Crippen LogP contribution in [0, 0.1) is 0 Å². The van der Waals surface area contributed by atoms with Gasteiger partial charge in [-0.25, -0.2) is 0 Å². The smallest absolute Gasteiger partial charge is 0.317 e. The second-order valence-electron chi connectivity index (χ2n) is 6.02. The molecule has 0 radical (unpaired) electrons. The standard InChI is InChI=1S/C17H22Cl2N2O4/c1-2-21(10-17(23)24)13-8-12(9-13)20-16(22)5-6-25-15-4-3-11(18)7-14(15)19/h3-4,7,12-13H,2,5-6,8-10H2,1H3,(H,20,22)(H,23,24). The zero-order valence-electron chi connectivity index (χ0n) is 14.0. The topological polar surface area (TPSA) is 78.9 Å². The van der Waals surface area contributed by atoms with Crippen LogP contribution in [0.2, 0.25) is 10.0 Å². The van der Waals surface area contributed by atoms with Crippen molar-refractivity contribution in [3.05, 3.63) is 28.2 Å². The van der Waals surface area contributed by atoms with Gasteiger partial charge in [0, 0.05) is 17.1 Å². The van der Waals surface area contributed by atoms with Crippen molar-refractivity contribution in [1.29, 1.82) is 0 Å². The number of carboxylic acid groups (broad SMARTS) is 1. The lowest BCUT2D eigenvalue weighted by molar-refractivity contribution is -0.139. The fraction of sp³-hybridized carbons (Fsp3) is 0.529. The molecule has 138 valence electrons. The summed E-state index contributed by atoms with van der Waals surface area (Å²) >= 11 is 11.8. The van der Waals surface area contributed by atoms with Gasteiger partial charge in [-0.1, -0.05) is 30.1 Å². The molecule has 25 heavy (non-hydrogen) atoms. The Morgan fingerprint density at radius 1 is 1.36 bits per heavy atom. The summed E-state index contributed by atoms with van der Waals surface area (Å²) in [6.07, 6.45) is 1.78. The third-order valence-corrected chi connectivity index (χ3v) is 4.75. The molecule has 1 aliphatic rings. The van der Waals surface area contributed by atoms with Gasteiger partial charge < -0.3 is 15.2 Å². The molecule has 6 nitrogen and oxygen atoms in total. The molecule has 0 aliphatic heterocycles. The van der Waals surface area contributed by atoms with Crippen molar-refractivity contribution in [3.8, 4) is 5.75 Å². The summed E-state index contributed by atoms with van der Waals surface area (Å²) in [6.45, 7) is 2.89. The highest BCUT2D eigenvalue weighted by Gasteiger charge is 2.34. The van der Waals surface area contributed by atoms with Gasteiger partial charge in [-0.15, -0.1) is 0 Å². The number of halogens is 2. The molecule has 0 spiro atoms. The molecule has 2 N–H and O–H groups in total. The Morgan fingerprint density at radius 2 is 2.08 bits per heavy atom. The zero-order valence-corrected chi connectivity index (χ0v) is 15.5. The Balaban J connectivity index is 1.66. The first-order valence-electron chi connectivity index (χ1n) is 8.22. The van der Waals surface area contributed by atoms with Crippen molar-refractivity contribution in [1.82, 2.24) is 10.2 Å². The minimum atomic E-state index is -0.827. The average Bonchev–Trinajstić information content (AvgIpc) is 2.50. The van der Waals surface area contributed by atoms with E-state index in [0.717, 1.165) is 12.8 Å². The van der Waals surface area contributed by atoms with Gasteiger partial charge in [0.05, 0.1) is 24.6 Å². The molecule has 0 bridgehead atoms. The number of hydrogen-bond acceptors (Lipinski definition) is 4. The van der Waals surface area contributed by atoms with Crippen LogP contribution in [-0.2, 0) is 9.59 Å². The van der Waals surface area contributed by atoms with E-state index in [4.69, 9.17) is 33.0 Å². The second kappa shape index (κ2) is 9.27. The summed E-state index contributed by atoms with van der Waals surface area (Å²) in [5.74, 6) is -0.419. The fourth-order valence-corrected chi connectivity index (χ4v) is 3.29. The van der Waals surface area contributed by atoms with Crippen molar-refractivity contribution < 1.29 is 19.4 Å². The van der Waals surface area contributed by atoms with Crippen LogP contribution in [-0.4, -0.2) is 53.7 Å². The Kier molecular flexibility index (Phi) is 7.35. The summed E-state index contributed by atoms with van der Waals surface area (Å²) < 4.78 is 5.49. The van der Waals surface area contributed by atoms with Crippen LogP contribution in [0.3, 0.4) is 0 Å². The van der Waals surface area contributed by atoms with Crippen molar-refractivity contribution in [2.45, 2.75) is 38.3 Å². The number of carbonyl (C=O) groups is 2. The summed E-state index contributed by atoms with van der Waals surface area (Å²) in [6, 6.07) is 5.24. The number of benzene rings is 1. The minimum absolute atomic E-state index is 0.0392. The molecule has 0 atom stereocenters. The molecule has 2 rings (SSSR count). The van der Waals surface area contributed by atoms with Gasteiger partial charge in [0.1, 0.15) is 5.75 Å². The summed E-state index contributed by atoms with van der Waals surface area (Å²) in [5, 5.41) is 12.8. The molecule has 1 aliphatic carbocycles. The molecule has 0 heterocycles. The number of ether oxygens (including phenoxy) is 1. The van der Waals surface area contributed by atoms with Crippen LogP contribution < -0.4 is 10.1 Å². The predicted molar refractivity (Wildman–Crippen MR) is 96.4 cm³/mol. The Labute approximate surface area is 157 Å². The van der Waals surface area contributed by atoms with Gasteiger partial charge >= 0.3 is 5.97 Å². The highest BCUT2D eigenvalue weighted by molar-refractivity contribution is 6.35. The number of rotatable bonds is 9. The lowest BCUT2D eigenvalue weighted by Crippen LogP contribution is -2.54. The molecule has 0 unspecified atom stereocenters. The molecule has 0 saturated heterocycles. The number of nitrogens with zero attached hydrogens (tertiary/aromatic N) is 1. The minimum Gasteiger partial charge on any atom is -0.491 e. The molecule has 1 amide bonds. The largest absolute Gasteiger partial charge is 0.491 e. The maximum absolute atomic E-state index is 11.9. The highest BCUT2D eigenvalue weighted by Crippen LogP contribution is 2.28. The first-order chi connectivity index (χ1) is 11.9. The number of hydrogen-bond donors (Lipinski definition) is 2. The zero-order chi connectivity index (χ0) is 18.4. The molecular formula is C17H22Cl2N2O4. The maximum atomic E-state index is 11.9. The molecule has 0 aromatic heterocycles. The lowest BCUT2D eigenvalue weighted by Gasteiger charge is -2.42. The van der Waals surface area contributed by atoms with Gasteiger partial charge in [-0.05, 0) is 37.6 Å². The van der Waals surface area contributed by atoms with Crippen LogP contribution in [0.25, 0.3) is 0 Å². The SMILES string of the molecule is CCN(CC(=O)O)C1CC(NC(=O)CCOc2ccc(Cl)cc2Cl)C1. The van der Waals surface area contributed by atoms with Crippen molar-refractivity contribution in [2.75, 3.05) is 19.7 Å². The number of nitrogens with one attached hydrogen (secondary N) is 1. The maximum Gasteiger partial charge on any atom is 0.317 e. The van der Waals surface area contributed by atoms with Gasteiger partial charge in [0.2, 0.25) is 5.91 Å². The quantitative estimate of drug-likeness (QED) is 0.679.